The van der Waals surface area contributed by atoms with Crippen LogP contribution >= 0.6 is 19.6 Å². The third kappa shape index (κ3) is 11.1. The topological polar surface area (TPSA) is 83.1 Å². The van der Waals surface area contributed by atoms with Crippen molar-refractivity contribution in [2.45, 2.75) is 74.1 Å². The summed E-state index contributed by atoms with van der Waals surface area (Å²) in [6.07, 6.45) is -4.19. The molecule has 0 saturated heterocycles. The van der Waals surface area contributed by atoms with Crippen LogP contribution in [0.3, 0.4) is 0 Å². The lowest BCUT2D eigenvalue weighted by molar-refractivity contribution is -0.137. The maximum Gasteiger partial charge on any atom is 0.474 e. The first-order valence-electron chi connectivity index (χ1n) is 12.0. The molecule has 0 unspecified atom stereocenters. The number of alkyl carbamates (subject to hydrolysis) is 1. The van der Waals surface area contributed by atoms with E-state index in [-0.39, 0.29) is 13.0 Å². The molecule has 1 atom stereocenters. The molecule has 0 saturated carbocycles. The normalized spacial score (nSPS) is 14.1. The van der Waals surface area contributed by atoms with E-state index in [0.29, 0.717) is 28.2 Å². The molecule has 7 nitrogen and oxygen atoms in total. The molecule has 2 aromatic carbocycles. The van der Waals surface area contributed by atoms with Crippen LogP contribution in [-0.2, 0) is 35.5 Å². The molecule has 2 rings (SSSR count). The van der Waals surface area contributed by atoms with Gasteiger partial charge in [-0.3, -0.25) is 13.6 Å². The largest absolute Gasteiger partial charge is 0.474 e. The van der Waals surface area contributed by atoms with Crippen LogP contribution in [0.5, 0.6) is 0 Å². The predicted octanol–water partition coefficient (Wildman–Crippen LogP) is 8.02. The van der Waals surface area contributed by atoms with Crippen molar-refractivity contribution in [1.82, 2.24) is 5.32 Å². The summed E-state index contributed by atoms with van der Waals surface area (Å²) in [5.41, 5.74) is -2.20. The molecule has 13 heteroatoms. The summed E-state index contributed by atoms with van der Waals surface area (Å²) in [6.45, 7) is 6.56. The van der Waals surface area contributed by atoms with Crippen LogP contribution in [0.25, 0.3) is 0 Å². The summed E-state index contributed by atoms with van der Waals surface area (Å²) in [5, 5.41) is 2.73. The fourth-order valence-corrected chi connectivity index (χ4v) is 5.16. The second-order valence-corrected chi connectivity index (χ2v) is 13.0. The number of benzene rings is 2. The second kappa shape index (κ2) is 13.5. The van der Waals surface area contributed by atoms with Gasteiger partial charge >= 0.3 is 20.1 Å². The minimum absolute atomic E-state index is 0.236. The average molecular weight is 596 g/mol. The van der Waals surface area contributed by atoms with E-state index >= 15 is 0 Å². The number of rotatable bonds is 12. The van der Waals surface area contributed by atoms with Gasteiger partial charge in [0.05, 0.1) is 17.7 Å². The van der Waals surface area contributed by atoms with Gasteiger partial charge < -0.3 is 10.1 Å². The van der Waals surface area contributed by atoms with E-state index in [1.54, 1.807) is 39.8 Å². The molecule has 39 heavy (non-hydrogen) atoms. The Morgan fingerprint density at radius 3 is 2.21 bits per heavy atom. The van der Waals surface area contributed by atoms with Gasteiger partial charge in [-0.05, 0) is 82.9 Å². The minimum atomic E-state index is -4.46. The van der Waals surface area contributed by atoms with Crippen molar-refractivity contribution >= 4 is 25.7 Å². The number of carbonyl (C=O) groups is 1. The molecule has 0 radical (unpaired) electrons. The van der Waals surface area contributed by atoms with E-state index in [2.05, 4.69) is 5.32 Å². The number of hydrogen-bond acceptors (Lipinski definition) is 7. The van der Waals surface area contributed by atoms with E-state index in [1.165, 1.54) is 32.4 Å². The molecular weight excluding hydrogens is 561 g/mol. The lowest BCUT2D eigenvalue weighted by Gasteiger charge is -2.32. The van der Waals surface area contributed by atoms with E-state index in [4.69, 9.17) is 18.3 Å². The van der Waals surface area contributed by atoms with Crippen LogP contribution < -0.4 is 5.32 Å². The van der Waals surface area contributed by atoms with Crippen molar-refractivity contribution in [3.63, 3.8) is 0 Å². The lowest BCUT2D eigenvalue weighted by Crippen LogP contribution is -2.51. The molecule has 0 bridgehead atoms. The van der Waals surface area contributed by atoms with Crippen molar-refractivity contribution in [2.24, 2.45) is 0 Å². The fourth-order valence-electron chi connectivity index (χ4n) is 3.46. The molecule has 1 N–H and O–H groups in total. The van der Waals surface area contributed by atoms with Crippen LogP contribution in [0.1, 0.15) is 51.7 Å². The maximum atomic E-state index is 14.9. The van der Waals surface area contributed by atoms with Gasteiger partial charge in [0.15, 0.2) is 0 Å². The number of nitrogens with one attached hydrogen (secondary N) is 1. The number of aryl methyl sites for hydroxylation is 1. The highest BCUT2D eigenvalue weighted by atomic mass is 32.2. The van der Waals surface area contributed by atoms with Crippen molar-refractivity contribution in [3.8, 4) is 0 Å². The Balaban J connectivity index is 2.08. The molecule has 2 aromatic rings. The molecule has 0 aromatic heterocycles. The van der Waals surface area contributed by atoms with E-state index in [1.807, 2.05) is 0 Å². The van der Waals surface area contributed by atoms with Gasteiger partial charge in [-0.15, -0.1) is 0 Å². The van der Waals surface area contributed by atoms with Crippen LogP contribution in [0.2, 0.25) is 0 Å². The Labute approximate surface area is 230 Å². The Hall–Kier alpha value is -2.11. The quantitative estimate of drug-likeness (QED) is 0.197. The minimum Gasteiger partial charge on any atom is -0.444 e. The molecule has 0 fully saturated rings. The third-order valence-corrected chi connectivity index (χ3v) is 7.71. The number of amides is 1. The van der Waals surface area contributed by atoms with Gasteiger partial charge in [0.25, 0.3) is 0 Å². The first-order valence-corrected chi connectivity index (χ1v) is 14.3. The Morgan fingerprint density at radius 2 is 1.64 bits per heavy atom. The standard InChI is InChI=1S/C26H34F4NO6PS/c1-24(2,3)37-23(32)31-25(4,17-36-38(33,34-5)35-6)14-8-9-18-12-13-21(16-22(18)27)39-20-11-7-10-19(15-20)26(28,29)30/h7,10-13,15-16H,8-9,14,17H2,1-6H3,(H,31,32)/t25-/m1/s1. The summed E-state index contributed by atoms with van der Waals surface area (Å²) >= 11 is 1.03. The highest BCUT2D eigenvalue weighted by Crippen LogP contribution is 2.48. The number of ether oxygens (including phenoxy) is 1. The predicted molar refractivity (Wildman–Crippen MR) is 140 cm³/mol. The summed E-state index contributed by atoms with van der Waals surface area (Å²) in [7, 11) is -1.49. The van der Waals surface area contributed by atoms with Gasteiger partial charge in [0, 0.05) is 24.0 Å². The van der Waals surface area contributed by atoms with Crippen LogP contribution in [-0.4, -0.2) is 38.1 Å². The maximum absolute atomic E-state index is 14.9. The zero-order valence-corrected chi connectivity index (χ0v) is 24.4. The highest BCUT2D eigenvalue weighted by Gasteiger charge is 2.34. The zero-order valence-electron chi connectivity index (χ0n) is 22.7. The summed E-state index contributed by atoms with van der Waals surface area (Å²) < 4.78 is 86.4. The fraction of sp³-hybridized carbons (Fsp3) is 0.500. The van der Waals surface area contributed by atoms with Crippen LogP contribution in [0.15, 0.2) is 52.3 Å². The lowest BCUT2D eigenvalue weighted by atomic mass is 9.94. The summed E-state index contributed by atoms with van der Waals surface area (Å²) in [4.78, 5) is 13.2. The van der Waals surface area contributed by atoms with Crippen LogP contribution in [0, 0.1) is 5.82 Å². The molecule has 0 aliphatic carbocycles. The number of halogens is 4. The van der Waals surface area contributed by atoms with Gasteiger partial charge in [-0.25, -0.2) is 13.8 Å². The van der Waals surface area contributed by atoms with Crippen molar-refractivity contribution in [3.05, 3.63) is 59.4 Å². The van der Waals surface area contributed by atoms with Crippen molar-refractivity contribution in [2.75, 3.05) is 20.8 Å². The molecular formula is C26H34F4NO6PS. The molecule has 0 aliphatic rings. The van der Waals surface area contributed by atoms with E-state index < -0.39 is 42.6 Å². The first-order chi connectivity index (χ1) is 18.0. The number of carbonyl (C=O) groups excluding carboxylic acids is 1. The van der Waals surface area contributed by atoms with E-state index in [9.17, 15) is 26.9 Å². The van der Waals surface area contributed by atoms with Crippen molar-refractivity contribution in [1.29, 1.82) is 0 Å². The smallest absolute Gasteiger partial charge is 0.444 e. The van der Waals surface area contributed by atoms with E-state index in [0.717, 1.165) is 23.9 Å². The van der Waals surface area contributed by atoms with Crippen LogP contribution in [0.4, 0.5) is 22.4 Å². The monoisotopic (exact) mass is 595 g/mol. The molecule has 1 amide bonds. The van der Waals surface area contributed by atoms with Gasteiger partial charge in [0.1, 0.15) is 11.4 Å². The van der Waals surface area contributed by atoms with Gasteiger partial charge in [-0.1, -0.05) is 23.9 Å². The zero-order chi connectivity index (χ0) is 29.5. The molecule has 218 valence electrons. The number of phosphoric acid groups is 1. The summed E-state index contributed by atoms with van der Waals surface area (Å²) in [6, 6.07) is 9.31. The Morgan fingerprint density at radius 1 is 1.00 bits per heavy atom. The average Bonchev–Trinajstić information content (AvgIpc) is 2.82. The van der Waals surface area contributed by atoms with Gasteiger partial charge in [-0.2, -0.15) is 13.2 Å². The Kier molecular flexibility index (Phi) is 11.5. The van der Waals surface area contributed by atoms with Gasteiger partial charge in [0.2, 0.25) is 0 Å². The third-order valence-electron chi connectivity index (χ3n) is 5.39. The van der Waals surface area contributed by atoms with Crippen molar-refractivity contribution < 1.29 is 45.2 Å². The first kappa shape index (κ1) is 33.1. The molecule has 0 spiro atoms. The number of hydrogen-bond donors (Lipinski definition) is 1. The Bertz CT molecular complexity index is 1170. The summed E-state index contributed by atoms with van der Waals surface area (Å²) in [5.74, 6) is -0.506. The molecule has 0 heterocycles. The number of phosphoric ester groups is 1. The second-order valence-electron chi connectivity index (χ2n) is 10.0. The number of alkyl halides is 3. The highest BCUT2D eigenvalue weighted by molar-refractivity contribution is 7.99. The molecule has 0 aliphatic heterocycles. The SMILES string of the molecule is COP(=O)(OC)OC[C@@](C)(CCCc1ccc(Sc2cccc(C(F)(F)F)c2)cc1F)NC(=O)OC(C)(C)C.